The van der Waals surface area contributed by atoms with Crippen LogP contribution in [0.15, 0.2) is 59.4 Å². The van der Waals surface area contributed by atoms with Gasteiger partial charge in [-0.15, -0.1) is 0 Å². The van der Waals surface area contributed by atoms with E-state index >= 15 is 0 Å². The van der Waals surface area contributed by atoms with Gasteiger partial charge in [-0.1, -0.05) is 12.1 Å². The van der Waals surface area contributed by atoms with Crippen LogP contribution in [0.2, 0.25) is 0 Å². The van der Waals surface area contributed by atoms with Crippen LogP contribution >= 0.6 is 0 Å². The Balaban J connectivity index is 1.40. The summed E-state index contributed by atoms with van der Waals surface area (Å²) < 4.78 is 14.9. The molecule has 7 nitrogen and oxygen atoms in total. The first kappa shape index (κ1) is 20.5. The molecular formula is C23H25FN6O. The molecule has 2 heterocycles. The zero-order chi connectivity index (χ0) is 21.8. The number of fused-ring (bicyclic) bond motifs is 1. The van der Waals surface area contributed by atoms with Crippen LogP contribution in [0.25, 0.3) is 10.9 Å². The molecule has 1 unspecified atom stereocenters. The Morgan fingerprint density at radius 3 is 2.94 bits per heavy atom. The number of aromatic nitrogens is 1. The fourth-order valence-electron chi connectivity index (χ4n) is 3.49. The molecule has 0 aliphatic carbocycles. The van der Waals surface area contributed by atoms with E-state index in [4.69, 9.17) is 0 Å². The number of nitrogens with zero attached hydrogens (tertiary/aromatic N) is 1. The molecule has 1 atom stereocenters. The van der Waals surface area contributed by atoms with Gasteiger partial charge in [-0.3, -0.25) is 4.79 Å². The monoisotopic (exact) mass is 420 g/mol. The van der Waals surface area contributed by atoms with Crippen LogP contribution in [-0.2, 0) is 11.2 Å². The van der Waals surface area contributed by atoms with Crippen LogP contribution < -0.4 is 21.3 Å². The molecule has 4 rings (SSSR count). The van der Waals surface area contributed by atoms with E-state index in [0.29, 0.717) is 29.7 Å². The smallest absolute Gasteiger partial charge is 0.220 e. The van der Waals surface area contributed by atoms with Gasteiger partial charge in [0.25, 0.3) is 0 Å². The Labute approximate surface area is 179 Å². The summed E-state index contributed by atoms with van der Waals surface area (Å²) in [5.41, 5.74) is 3.99. The highest BCUT2D eigenvalue weighted by molar-refractivity contribution is 5.85. The number of carbonyl (C=O) groups excluding carboxylic acids is 1. The number of amides is 1. The first-order chi connectivity index (χ1) is 15.0. The lowest BCUT2D eigenvalue weighted by Crippen LogP contribution is -2.38. The molecule has 160 valence electrons. The van der Waals surface area contributed by atoms with Crippen molar-refractivity contribution in [3.8, 4) is 0 Å². The van der Waals surface area contributed by atoms with Gasteiger partial charge >= 0.3 is 0 Å². The molecule has 0 spiro atoms. The number of aryl methyl sites for hydroxylation is 2. The molecule has 2 aromatic carbocycles. The highest BCUT2D eigenvalue weighted by Gasteiger charge is 2.14. The topological polar surface area (TPSA) is 93.3 Å². The minimum Gasteiger partial charge on any atom is -0.359 e. The van der Waals surface area contributed by atoms with Crippen LogP contribution in [-0.4, -0.2) is 30.4 Å². The SMILES string of the molecule is CNC(=O)CCc1cccc(NC2N=CC=C(Nc3ccc4[nH]c(C)cc4c3F)N2)c1. The van der Waals surface area contributed by atoms with Crippen molar-refractivity contribution in [3.05, 3.63) is 71.4 Å². The number of hydrogen-bond donors (Lipinski definition) is 5. The summed E-state index contributed by atoms with van der Waals surface area (Å²) in [6.45, 7) is 1.90. The lowest BCUT2D eigenvalue weighted by molar-refractivity contribution is -0.120. The van der Waals surface area contributed by atoms with Gasteiger partial charge in [-0.25, -0.2) is 9.38 Å². The minimum atomic E-state index is -0.414. The van der Waals surface area contributed by atoms with E-state index in [0.717, 1.165) is 22.5 Å². The zero-order valence-corrected chi connectivity index (χ0v) is 17.4. The van der Waals surface area contributed by atoms with Crippen LogP contribution in [0.5, 0.6) is 0 Å². The predicted octanol–water partition coefficient (Wildman–Crippen LogP) is 3.62. The lowest BCUT2D eigenvalue weighted by atomic mass is 10.1. The summed E-state index contributed by atoms with van der Waals surface area (Å²) in [4.78, 5) is 19.0. The Morgan fingerprint density at radius 2 is 2.10 bits per heavy atom. The second-order valence-electron chi connectivity index (χ2n) is 7.41. The van der Waals surface area contributed by atoms with Crippen LogP contribution in [0.4, 0.5) is 15.8 Å². The van der Waals surface area contributed by atoms with E-state index in [-0.39, 0.29) is 11.7 Å². The fraction of sp³-hybridized carbons (Fsp3) is 0.217. The Kier molecular flexibility index (Phi) is 5.88. The van der Waals surface area contributed by atoms with Crippen molar-refractivity contribution in [1.82, 2.24) is 15.6 Å². The molecule has 1 aromatic heterocycles. The maximum Gasteiger partial charge on any atom is 0.220 e. The number of carbonyl (C=O) groups is 1. The maximum absolute atomic E-state index is 14.9. The van der Waals surface area contributed by atoms with Gasteiger partial charge in [0.05, 0.1) is 5.69 Å². The number of H-pyrrole nitrogens is 1. The average molecular weight is 420 g/mol. The molecule has 8 heteroatoms. The number of allylic oxidation sites excluding steroid dienone is 1. The molecule has 1 aliphatic rings. The Hall–Kier alpha value is -3.81. The van der Waals surface area contributed by atoms with Crippen molar-refractivity contribution in [2.75, 3.05) is 17.7 Å². The third-order valence-electron chi connectivity index (χ3n) is 5.06. The molecule has 0 fully saturated rings. The van der Waals surface area contributed by atoms with Crippen molar-refractivity contribution in [3.63, 3.8) is 0 Å². The zero-order valence-electron chi connectivity index (χ0n) is 17.4. The van der Waals surface area contributed by atoms with Crippen LogP contribution in [0.1, 0.15) is 17.7 Å². The second kappa shape index (κ2) is 8.91. The van der Waals surface area contributed by atoms with E-state index in [1.54, 1.807) is 31.5 Å². The van der Waals surface area contributed by atoms with E-state index in [2.05, 4.69) is 31.2 Å². The quantitative estimate of drug-likeness (QED) is 0.404. The summed E-state index contributed by atoms with van der Waals surface area (Å²) in [6.07, 6.45) is 4.10. The van der Waals surface area contributed by atoms with Gasteiger partial charge < -0.3 is 26.3 Å². The van der Waals surface area contributed by atoms with E-state index in [1.807, 2.05) is 37.3 Å². The summed E-state index contributed by atoms with van der Waals surface area (Å²) in [5.74, 6) is 0.340. The number of anilines is 2. The summed E-state index contributed by atoms with van der Waals surface area (Å²) >= 11 is 0. The molecule has 1 amide bonds. The Bertz CT molecular complexity index is 1170. The third kappa shape index (κ3) is 4.85. The van der Waals surface area contributed by atoms with Gasteiger partial charge in [-0.05, 0) is 55.3 Å². The second-order valence-corrected chi connectivity index (χ2v) is 7.41. The van der Waals surface area contributed by atoms with Crippen molar-refractivity contribution in [2.45, 2.75) is 26.1 Å². The number of nitrogens with one attached hydrogen (secondary N) is 5. The van der Waals surface area contributed by atoms with Gasteiger partial charge in [-0.2, -0.15) is 0 Å². The van der Waals surface area contributed by atoms with Crippen molar-refractivity contribution < 1.29 is 9.18 Å². The molecule has 1 aliphatic heterocycles. The molecular weight excluding hydrogens is 395 g/mol. The van der Waals surface area contributed by atoms with Crippen LogP contribution in [0, 0.1) is 12.7 Å². The lowest BCUT2D eigenvalue weighted by Gasteiger charge is -2.24. The first-order valence-electron chi connectivity index (χ1n) is 10.1. The first-order valence-corrected chi connectivity index (χ1v) is 10.1. The highest BCUT2D eigenvalue weighted by Crippen LogP contribution is 2.26. The molecule has 31 heavy (non-hydrogen) atoms. The van der Waals surface area contributed by atoms with Gasteiger partial charge in [0.2, 0.25) is 5.91 Å². The number of aromatic amines is 1. The molecule has 3 aromatic rings. The normalized spacial score (nSPS) is 15.3. The third-order valence-corrected chi connectivity index (χ3v) is 5.06. The van der Waals surface area contributed by atoms with Gasteiger partial charge in [0.15, 0.2) is 12.1 Å². The van der Waals surface area contributed by atoms with Gasteiger partial charge in [0.1, 0.15) is 5.82 Å². The fourth-order valence-corrected chi connectivity index (χ4v) is 3.49. The number of halogens is 1. The van der Waals surface area contributed by atoms with Crippen LogP contribution in [0.3, 0.4) is 0 Å². The van der Waals surface area contributed by atoms with Crippen molar-refractivity contribution in [1.29, 1.82) is 0 Å². The van der Waals surface area contributed by atoms with Gasteiger partial charge in [0, 0.05) is 42.0 Å². The summed E-state index contributed by atoms with van der Waals surface area (Å²) in [6, 6.07) is 13.2. The number of hydrogen-bond acceptors (Lipinski definition) is 5. The number of aliphatic imine (C=N–C) groups is 1. The minimum absolute atomic E-state index is 0.0120. The summed E-state index contributed by atoms with van der Waals surface area (Å²) in [7, 11) is 1.63. The summed E-state index contributed by atoms with van der Waals surface area (Å²) in [5, 5.41) is 12.8. The molecule has 0 radical (unpaired) electrons. The molecule has 5 N–H and O–H groups in total. The van der Waals surface area contributed by atoms with E-state index in [1.165, 1.54) is 0 Å². The van der Waals surface area contributed by atoms with Crippen molar-refractivity contribution in [2.24, 2.45) is 4.99 Å². The molecule has 0 bridgehead atoms. The standard InChI is InChI=1S/C23H25FN6O/c1-14-12-17-18(27-14)7-8-19(22(17)24)29-20-10-11-26-23(30-20)28-16-5-3-4-15(13-16)6-9-21(31)25-2/h3-5,7-8,10-13,23,27-30H,6,9H2,1-2H3,(H,25,31). The highest BCUT2D eigenvalue weighted by atomic mass is 19.1. The van der Waals surface area contributed by atoms with Crippen molar-refractivity contribution >= 4 is 34.4 Å². The predicted molar refractivity (Wildman–Crippen MR) is 123 cm³/mol. The largest absolute Gasteiger partial charge is 0.359 e. The van der Waals surface area contributed by atoms with E-state index in [9.17, 15) is 9.18 Å². The average Bonchev–Trinajstić information content (AvgIpc) is 3.16. The number of rotatable bonds is 7. The Morgan fingerprint density at radius 1 is 1.23 bits per heavy atom. The molecule has 0 saturated heterocycles. The molecule has 0 saturated carbocycles. The van der Waals surface area contributed by atoms with E-state index < -0.39 is 6.29 Å². The number of benzene rings is 2. The maximum atomic E-state index is 14.9.